The largest absolute Gasteiger partial charge is 0.362 e. The number of nitrogens with zero attached hydrogens (tertiary/aromatic N) is 3. The van der Waals surface area contributed by atoms with Gasteiger partial charge in [0.25, 0.3) is 0 Å². The van der Waals surface area contributed by atoms with Gasteiger partial charge in [-0.25, -0.2) is 9.97 Å². The van der Waals surface area contributed by atoms with Crippen LogP contribution in [0.1, 0.15) is 89.9 Å². The molecule has 0 bridgehead atoms. The summed E-state index contributed by atoms with van der Waals surface area (Å²) >= 11 is 0. The van der Waals surface area contributed by atoms with Gasteiger partial charge in [-0.3, -0.25) is 28.8 Å². The number of nitrogens with one attached hydrogen (secondary N) is 5. The number of carbonyl (C=O) groups excluding carboxylic acids is 6. The molecule has 0 aliphatic rings. The summed E-state index contributed by atoms with van der Waals surface area (Å²) in [6, 6.07) is 11.4. The zero-order chi connectivity index (χ0) is 46.1. The van der Waals surface area contributed by atoms with Crippen molar-refractivity contribution in [2.75, 3.05) is 77.1 Å². The van der Waals surface area contributed by atoms with E-state index in [0.29, 0.717) is 76.3 Å². The lowest BCUT2D eigenvalue weighted by molar-refractivity contribution is -0.139. The molecule has 2 heterocycles. The number of hydrogen-bond acceptors (Lipinski definition) is 15. The molecule has 0 radical (unpaired) electrons. The molecule has 2 rings (SSSR count). The van der Waals surface area contributed by atoms with Crippen LogP contribution in [-0.2, 0) is 38.0 Å². The fourth-order valence-electron chi connectivity index (χ4n) is 5.57. The van der Waals surface area contributed by atoms with E-state index in [4.69, 9.17) is 14.2 Å². The van der Waals surface area contributed by atoms with Crippen molar-refractivity contribution in [2.45, 2.75) is 99.9 Å². The van der Waals surface area contributed by atoms with Gasteiger partial charge in [-0.2, -0.15) is 0 Å². The summed E-state index contributed by atoms with van der Waals surface area (Å²) in [7, 11) is 5.76. The predicted molar refractivity (Wildman–Crippen MR) is 259 cm³/mol. The molecule has 0 aliphatic heterocycles. The van der Waals surface area contributed by atoms with Gasteiger partial charge in [0, 0.05) is 95.4 Å². The van der Waals surface area contributed by atoms with E-state index in [0.717, 1.165) is 61.4 Å². The Hall–Kier alpha value is -3.17. The molecular formula is C42H67N8O9PS4. The van der Waals surface area contributed by atoms with Crippen molar-refractivity contribution in [2.24, 2.45) is 0 Å². The molecule has 358 valence electrons. The Morgan fingerprint density at radius 2 is 1.00 bits per heavy atom. The third-order valence-electron chi connectivity index (χ3n) is 8.97. The molecule has 22 heteroatoms. The Morgan fingerprint density at radius 3 is 1.48 bits per heavy atom. The Kier molecular flexibility index (Phi) is 35.7. The third-order valence-corrected chi connectivity index (χ3v) is 13.8. The van der Waals surface area contributed by atoms with Crippen LogP contribution < -0.4 is 26.6 Å². The number of pyridine rings is 2. The molecule has 0 saturated carbocycles. The molecule has 2 aromatic rings. The zero-order valence-electron chi connectivity index (χ0n) is 36.7. The number of unbranched alkanes of at least 4 members (excludes halogenated alkanes) is 7. The molecule has 0 aliphatic carbocycles. The maximum Gasteiger partial charge on any atom is 0.248 e. The summed E-state index contributed by atoms with van der Waals surface area (Å²) < 4.78 is 10.3. The second-order valence-corrected chi connectivity index (χ2v) is 19.6. The summed E-state index contributed by atoms with van der Waals surface area (Å²) in [6.45, 7) is 2.28. The Morgan fingerprint density at radius 1 is 0.547 bits per heavy atom. The second-order valence-electron chi connectivity index (χ2n) is 14.2. The molecule has 1 unspecified atom stereocenters. The molecule has 6 amide bonds. The van der Waals surface area contributed by atoms with Crippen molar-refractivity contribution < 1.29 is 42.9 Å². The van der Waals surface area contributed by atoms with Crippen LogP contribution >= 0.6 is 52.2 Å². The van der Waals surface area contributed by atoms with Gasteiger partial charge in [0.2, 0.25) is 35.4 Å². The average Bonchev–Trinajstić information content (AvgIpc) is 3.30. The van der Waals surface area contributed by atoms with E-state index >= 15 is 0 Å². The summed E-state index contributed by atoms with van der Waals surface area (Å²) in [6.07, 6.45) is 12.8. The molecular weight excluding hydrogens is 920 g/mol. The molecule has 0 spiro atoms. The van der Waals surface area contributed by atoms with Crippen LogP contribution in [0.25, 0.3) is 0 Å². The first-order chi connectivity index (χ1) is 31.3. The number of ether oxygens (including phenoxy) is 1. The van der Waals surface area contributed by atoms with E-state index in [1.54, 1.807) is 55.6 Å². The van der Waals surface area contributed by atoms with Crippen molar-refractivity contribution in [3.05, 3.63) is 48.8 Å². The van der Waals surface area contributed by atoms with Gasteiger partial charge in [0.05, 0.1) is 6.61 Å². The first-order valence-electron chi connectivity index (χ1n) is 21.9. The van der Waals surface area contributed by atoms with E-state index in [1.165, 1.54) is 4.90 Å². The molecule has 17 nitrogen and oxygen atoms in total. The minimum atomic E-state index is -0.502. The molecule has 0 saturated heterocycles. The highest BCUT2D eigenvalue weighted by atomic mass is 33.1. The molecule has 0 fully saturated rings. The van der Waals surface area contributed by atoms with Crippen LogP contribution in [0.15, 0.2) is 58.8 Å². The first kappa shape index (κ1) is 57.0. The topological polar surface area (TPSA) is 230 Å². The minimum absolute atomic E-state index is 0.00331. The summed E-state index contributed by atoms with van der Waals surface area (Å²) in [4.78, 5) is 93.4. The van der Waals surface area contributed by atoms with Crippen LogP contribution in [0.2, 0.25) is 0 Å². The lowest BCUT2D eigenvalue weighted by Gasteiger charge is -2.23. The Bertz CT molecular complexity index is 1490. The van der Waals surface area contributed by atoms with E-state index in [9.17, 15) is 28.8 Å². The number of carbonyl (C=O) groups is 6. The lowest BCUT2D eigenvalue weighted by Crippen LogP contribution is -2.44. The normalized spacial score (nSPS) is 11.0. The Balaban J connectivity index is 1.62. The fraction of sp³-hybridized carbons (Fsp3) is 0.619. The quantitative estimate of drug-likeness (QED) is 0.0291. The predicted octanol–water partition coefficient (Wildman–Crippen LogP) is 5.06. The van der Waals surface area contributed by atoms with Gasteiger partial charge in [0.15, 0.2) is 9.03 Å². The SMILES string of the molecule is O=C(CCCCCNC(=O)CCSSc1ccccn1)NCCN(CCNC(=O)CCCCCNC(=O)CCSSc1ccccn1)C(=O)COCC(=O)NCCCCCCOPO. The number of aromatic nitrogens is 2. The summed E-state index contributed by atoms with van der Waals surface area (Å²) in [5, 5.41) is 16.2. The zero-order valence-corrected chi connectivity index (χ0v) is 41.0. The van der Waals surface area contributed by atoms with E-state index in [2.05, 4.69) is 36.6 Å². The molecule has 6 N–H and O–H groups in total. The number of hydrogen-bond donors (Lipinski definition) is 6. The first-order valence-corrected chi connectivity index (χ1v) is 27.4. The van der Waals surface area contributed by atoms with E-state index in [-0.39, 0.29) is 74.8 Å². The third kappa shape index (κ3) is 33.3. The summed E-state index contributed by atoms with van der Waals surface area (Å²) in [5.74, 6) is 0.363. The highest BCUT2D eigenvalue weighted by Crippen LogP contribution is 2.30. The molecule has 2 aromatic heterocycles. The molecule has 1 atom stereocenters. The number of rotatable bonds is 40. The lowest BCUT2D eigenvalue weighted by atomic mass is 10.2. The van der Waals surface area contributed by atoms with Gasteiger partial charge in [-0.1, -0.05) is 59.4 Å². The van der Waals surface area contributed by atoms with Gasteiger partial charge < -0.3 is 45.6 Å². The van der Waals surface area contributed by atoms with Crippen molar-refractivity contribution in [1.82, 2.24) is 41.5 Å². The van der Waals surface area contributed by atoms with Crippen molar-refractivity contribution in [1.29, 1.82) is 0 Å². The van der Waals surface area contributed by atoms with E-state index in [1.807, 2.05) is 36.4 Å². The maximum absolute atomic E-state index is 13.1. The molecule has 0 aromatic carbocycles. The van der Waals surface area contributed by atoms with Gasteiger partial charge >= 0.3 is 0 Å². The van der Waals surface area contributed by atoms with Crippen LogP contribution in [0.3, 0.4) is 0 Å². The van der Waals surface area contributed by atoms with Crippen molar-refractivity contribution in [3.8, 4) is 0 Å². The molecule has 64 heavy (non-hydrogen) atoms. The van der Waals surface area contributed by atoms with Crippen LogP contribution in [0.5, 0.6) is 0 Å². The van der Waals surface area contributed by atoms with Crippen LogP contribution in [-0.4, -0.2) is 132 Å². The van der Waals surface area contributed by atoms with Crippen molar-refractivity contribution >= 4 is 87.7 Å². The van der Waals surface area contributed by atoms with Gasteiger partial charge in [0.1, 0.15) is 23.3 Å². The number of amides is 6. The van der Waals surface area contributed by atoms with E-state index < -0.39 is 9.03 Å². The highest BCUT2D eigenvalue weighted by molar-refractivity contribution is 8.77. The second kappa shape index (κ2) is 40.1. The monoisotopic (exact) mass is 986 g/mol. The van der Waals surface area contributed by atoms with Crippen molar-refractivity contribution in [3.63, 3.8) is 0 Å². The fourth-order valence-corrected chi connectivity index (χ4v) is 9.54. The maximum atomic E-state index is 13.1. The Labute approximate surface area is 395 Å². The van der Waals surface area contributed by atoms with Crippen LogP contribution in [0.4, 0.5) is 0 Å². The highest BCUT2D eigenvalue weighted by Gasteiger charge is 2.16. The summed E-state index contributed by atoms with van der Waals surface area (Å²) in [5.41, 5.74) is 0. The van der Waals surface area contributed by atoms with Crippen LogP contribution in [0, 0.1) is 0 Å². The standard InChI is InChI=1S/C42H67N8O9PS4/c51-35(15-5-3-10-21-43-37(53)19-31-61-63-40-17-7-12-24-48-40)46-26-28-50(42(56)34-58-33-39(55)45-23-9-1-2-14-30-59-60-57)29-27-47-36(52)16-6-4-11-22-44-38(54)20-32-62-64-41-18-8-13-25-49-41/h7-8,12-13,17-18,24-25,57,60H,1-6,9-11,14-16,19-23,26-34H2,(H,43,53)(H,44,54)(H,45,55)(H,46,51)(H,47,52). The van der Waals surface area contributed by atoms with Gasteiger partial charge in [-0.05, 0) is 84.4 Å². The minimum Gasteiger partial charge on any atom is -0.362 e. The average molecular weight is 987 g/mol. The smallest absolute Gasteiger partial charge is 0.248 e. The van der Waals surface area contributed by atoms with Gasteiger partial charge in [-0.15, -0.1) is 0 Å².